The Morgan fingerprint density at radius 3 is 2.47 bits per heavy atom. The molecule has 0 aliphatic heterocycles. The Morgan fingerprint density at radius 1 is 1.07 bits per heavy atom. The average molecular weight is 215 g/mol. The summed E-state index contributed by atoms with van der Waals surface area (Å²) in [5, 5.41) is 0.0624. The lowest BCUT2D eigenvalue weighted by Crippen LogP contribution is -1.98. The van der Waals surface area contributed by atoms with Gasteiger partial charge in [0, 0.05) is 6.20 Å². The minimum Gasteiger partial charge on any atom is -0.260 e. The summed E-state index contributed by atoms with van der Waals surface area (Å²) in [7, 11) is 0. The molecule has 0 amide bonds. The number of hydrogen-bond donors (Lipinski definition) is 1. The highest BCUT2D eigenvalue weighted by molar-refractivity contribution is 7.80. The molecule has 0 fully saturated rings. The number of nitrogens with zero attached hydrogens (tertiary/aromatic N) is 1. The first-order valence-electron chi connectivity index (χ1n) is 4.93. The van der Waals surface area contributed by atoms with Crippen molar-refractivity contribution in [3.63, 3.8) is 0 Å². The lowest BCUT2D eigenvalue weighted by molar-refractivity contribution is 1.04. The van der Waals surface area contributed by atoms with Crippen LogP contribution in [0, 0.1) is 6.92 Å². The van der Waals surface area contributed by atoms with E-state index in [1.165, 1.54) is 11.1 Å². The molecule has 2 heteroatoms. The number of benzene rings is 1. The number of aryl methyl sites for hydroxylation is 1. The van der Waals surface area contributed by atoms with Gasteiger partial charge in [-0.15, -0.1) is 0 Å². The molecule has 0 spiro atoms. The highest BCUT2D eigenvalue weighted by atomic mass is 32.1. The second kappa shape index (κ2) is 4.49. The molecule has 2 aromatic rings. The van der Waals surface area contributed by atoms with E-state index >= 15 is 0 Å². The molecule has 0 aliphatic rings. The van der Waals surface area contributed by atoms with Crippen LogP contribution < -0.4 is 0 Å². The fourth-order valence-corrected chi connectivity index (χ4v) is 2.03. The molecule has 2 rings (SSSR count). The zero-order chi connectivity index (χ0) is 10.7. The van der Waals surface area contributed by atoms with Crippen molar-refractivity contribution in [1.29, 1.82) is 0 Å². The number of rotatable bonds is 2. The van der Waals surface area contributed by atoms with E-state index < -0.39 is 0 Å². The fourth-order valence-electron chi connectivity index (χ4n) is 1.59. The Balaban J connectivity index is 2.37. The quantitative estimate of drug-likeness (QED) is 0.757. The van der Waals surface area contributed by atoms with Crippen LogP contribution in [0.3, 0.4) is 0 Å². The highest BCUT2D eigenvalue weighted by Gasteiger charge is 2.11. The number of pyridine rings is 1. The van der Waals surface area contributed by atoms with Crippen molar-refractivity contribution in [3.8, 4) is 0 Å². The van der Waals surface area contributed by atoms with Crippen molar-refractivity contribution in [1.82, 2.24) is 4.98 Å². The Kier molecular flexibility index (Phi) is 3.07. The van der Waals surface area contributed by atoms with Crippen LogP contribution in [0.15, 0.2) is 48.7 Å². The summed E-state index contributed by atoms with van der Waals surface area (Å²) in [4.78, 5) is 4.32. The van der Waals surface area contributed by atoms with E-state index in [0.717, 1.165) is 5.69 Å². The second-order valence-electron chi connectivity index (χ2n) is 3.51. The van der Waals surface area contributed by atoms with Gasteiger partial charge in [-0.05, 0) is 30.2 Å². The van der Waals surface area contributed by atoms with Gasteiger partial charge in [-0.25, -0.2) is 0 Å². The predicted octanol–water partition coefficient (Wildman–Crippen LogP) is 3.41. The highest BCUT2D eigenvalue weighted by Crippen LogP contribution is 2.28. The molecule has 1 unspecified atom stereocenters. The van der Waals surface area contributed by atoms with Crippen molar-refractivity contribution in [2.75, 3.05) is 0 Å². The molecule has 1 heterocycles. The maximum absolute atomic E-state index is 4.62. The average Bonchev–Trinajstić information content (AvgIpc) is 2.30. The van der Waals surface area contributed by atoms with Gasteiger partial charge >= 0.3 is 0 Å². The monoisotopic (exact) mass is 215 g/mol. The van der Waals surface area contributed by atoms with Gasteiger partial charge in [0.05, 0.1) is 10.9 Å². The third kappa shape index (κ3) is 2.21. The summed E-state index contributed by atoms with van der Waals surface area (Å²) in [5.74, 6) is 0. The summed E-state index contributed by atoms with van der Waals surface area (Å²) in [5.41, 5.74) is 3.47. The Hall–Kier alpha value is -1.28. The van der Waals surface area contributed by atoms with Crippen LogP contribution in [-0.2, 0) is 0 Å². The fraction of sp³-hybridized carbons (Fsp3) is 0.154. The maximum Gasteiger partial charge on any atom is 0.0691 e. The van der Waals surface area contributed by atoms with Crippen LogP contribution in [0.5, 0.6) is 0 Å². The first-order valence-corrected chi connectivity index (χ1v) is 5.45. The van der Waals surface area contributed by atoms with E-state index in [9.17, 15) is 0 Å². The molecule has 0 saturated heterocycles. The molecule has 15 heavy (non-hydrogen) atoms. The van der Waals surface area contributed by atoms with Gasteiger partial charge in [0.1, 0.15) is 0 Å². The van der Waals surface area contributed by atoms with Crippen LogP contribution in [0.4, 0.5) is 0 Å². The Labute approximate surface area is 95.6 Å². The van der Waals surface area contributed by atoms with Gasteiger partial charge < -0.3 is 0 Å². The molecule has 1 aromatic carbocycles. The van der Waals surface area contributed by atoms with E-state index in [-0.39, 0.29) is 5.25 Å². The first kappa shape index (κ1) is 10.2. The standard InChI is InChI=1S/C13H13NS/c1-10-6-2-3-7-11(10)13(15)12-8-4-5-9-14-12/h2-9,13,15H,1H3. The smallest absolute Gasteiger partial charge is 0.0691 e. The van der Waals surface area contributed by atoms with Crippen molar-refractivity contribution < 1.29 is 0 Å². The number of thiol groups is 1. The molecule has 1 aromatic heterocycles. The summed E-state index contributed by atoms with van der Waals surface area (Å²) in [6.07, 6.45) is 1.80. The summed E-state index contributed by atoms with van der Waals surface area (Å²) < 4.78 is 0. The summed E-state index contributed by atoms with van der Waals surface area (Å²) in [6, 6.07) is 14.2. The minimum atomic E-state index is 0.0624. The molecule has 1 atom stereocenters. The van der Waals surface area contributed by atoms with Crippen LogP contribution in [0.2, 0.25) is 0 Å². The van der Waals surface area contributed by atoms with Gasteiger partial charge in [-0.2, -0.15) is 12.6 Å². The van der Waals surface area contributed by atoms with Crippen LogP contribution >= 0.6 is 12.6 Å². The normalized spacial score (nSPS) is 12.4. The second-order valence-corrected chi connectivity index (χ2v) is 4.03. The molecular formula is C13H13NS. The molecule has 0 saturated carbocycles. The number of hydrogen-bond acceptors (Lipinski definition) is 2. The van der Waals surface area contributed by atoms with Crippen molar-refractivity contribution in [2.45, 2.75) is 12.2 Å². The van der Waals surface area contributed by atoms with Crippen molar-refractivity contribution in [2.24, 2.45) is 0 Å². The van der Waals surface area contributed by atoms with Gasteiger partial charge in [0.15, 0.2) is 0 Å². The Bertz CT molecular complexity index is 439. The van der Waals surface area contributed by atoms with Crippen LogP contribution in [-0.4, -0.2) is 4.98 Å². The van der Waals surface area contributed by atoms with E-state index in [1.807, 2.05) is 30.3 Å². The van der Waals surface area contributed by atoms with Gasteiger partial charge in [-0.3, -0.25) is 4.98 Å². The molecule has 0 bridgehead atoms. The molecule has 0 radical (unpaired) electrons. The van der Waals surface area contributed by atoms with Gasteiger partial charge in [-0.1, -0.05) is 30.3 Å². The molecule has 0 N–H and O–H groups in total. The van der Waals surface area contributed by atoms with Gasteiger partial charge in [0.25, 0.3) is 0 Å². The predicted molar refractivity (Wildman–Crippen MR) is 66.2 cm³/mol. The zero-order valence-electron chi connectivity index (χ0n) is 8.59. The summed E-state index contributed by atoms with van der Waals surface area (Å²) in [6.45, 7) is 2.10. The van der Waals surface area contributed by atoms with E-state index in [1.54, 1.807) is 6.20 Å². The van der Waals surface area contributed by atoms with Crippen molar-refractivity contribution in [3.05, 3.63) is 65.5 Å². The topological polar surface area (TPSA) is 12.9 Å². The Morgan fingerprint density at radius 2 is 1.80 bits per heavy atom. The van der Waals surface area contributed by atoms with Crippen molar-refractivity contribution >= 4 is 12.6 Å². The third-order valence-corrected chi connectivity index (χ3v) is 2.99. The lowest BCUT2D eigenvalue weighted by atomic mass is 10.0. The lowest BCUT2D eigenvalue weighted by Gasteiger charge is -2.12. The molecule has 1 nitrogen and oxygen atoms in total. The van der Waals surface area contributed by atoms with Crippen LogP contribution in [0.1, 0.15) is 22.1 Å². The SMILES string of the molecule is Cc1ccccc1C(S)c1ccccn1. The molecule has 76 valence electrons. The first-order chi connectivity index (χ1) is 7.29. The third-order valence-electron chi connectivity index (χ3n) is 2.45. The largest absolute Gasteiger partial charge is 0.260 e. The maximum atomic E-state index is 4.62. The van der Waals surface area contributed by atoms with E-state index in [2.05, 4.69) is 36.7 Å². The van der Waals surface area contributed by atoms with E-state index in [0.29, 0.717) is 0 Å². The van der Waals surface area contributed by atoms with E-state index in [4.69, 9.17) is 0 Å². The van der Waals surface area contributed by atoms with Crippen LogP contribution in [0.25, 0.3) is 0 Å². The number of aromatic nitrogens is 1. The minimum absolute atomic E-state index is 0.0624. The van der Waals surface area contributed by atoms with Gasteiger partial charge in [0.2, 0.25) is 0 Å². The molecular weight excluding hydrogens is 202 g/mol. The molecule has 0 aliphatic carbocycles. The zero-order valence-corrected chi connectivity index (χ0v) is 9.49. The summed E-state index contributed by atoms with van der Waals surface area (Å²) >= 11 is 4.62.